The molecule has 0 radical (unpaired) electrons. The molecule has 2 aromatic rings. The monoisotopic (exact) mass is 289 g/mol. The SMILES string of the molecule is COc1cc(C2=N[C@H](CO)CS2)c(O)c2ccccc12. The van der Waals surface area contributed by atoms with Crippen LogP contribution in [-0.4, -0.2) is 40.8 Å². The number of phenolic OH excluding ortho intramolecular Hbond substituents is 1. The normalized spacial score (nSPS) is 18.3. The van der Waals surface area contributed by atoms with Gasteiger partial charge in [0, 0.05) is 16.5 Å². The molecule has 104 valence electrons. The molecule has 0 aliphatic carbocycles. The number of phenols is 1. The fourth-order valence-electron chi connectivity index (χ4n) is 2.31. The molecule has 0 aromatic heterocycles. The molecule has 3 rings (SSSR count). The summed E-state index contributed by atoms with van der Waals surface area (Å²) in [5.74, 6) is 1.66. The van der Waals surface area contributed by atoms with Crippen molar-refractivity contribution in [3.05, 3.63) is 35.9 Å². The zero-order valence-electron chi connectivity index (χ0n) is 11.0. The third-order valence-corrected chi connectivity index (χ3v) is 4.50. The van der Waals surface area contributed by atoms with Gasteiger partial charge in [-0.15, -0.1) is 11.8 Å². The van der Waals surface area contributed by atoms with Crippen LogP contribution in [0, 0.1) is 0 Å². The molecule has 2 N–H and O–H groups in total. The third kappa shape index (κ3) is 2.13. The van der Waals surface area contributed by atoms with Crippen molar-refractivity contribution in [2.75, 3.05) is 19.5 Å². The lowest BCUT2D eigenvalue weighted by atomic mass is 10.0. The zero-order valence-corrected chi connectivity index (χ0v) is 11.9. The van der Waals surface area contributed by atoms with Crippen LogP contribution in [0.25, 0.3) is 10.8 Å². The molecule has 1 atom stereocenters. The molecule has 2 aromatic carbocycles. The summed E-state index contributed by atoms with van der Waals surface area (Å²) < 4.78 is 5.41. The van der Waals surface area contributed by atoms with Gasteiger partial charge >= 0.3 is 0 Å². The minimum Gasteiger partial charge on any atom is -0.507 e. The maximum atomic E-state index is 10.5. The van der Waals surface area contributed by atoms with E-state index in [4.69, 9.17) is 9.84 Å². The van der Waals surface area contributed by atoms with E-state index in [-0.39, 0.29) is 18.4 Å². The second-order valence-electron chi connectivity index (χ2n) is 4.60. The molecule has 1 heterocycles. The van der Waals surface area contributed by atoms with E-state index >= 15 is 0 Å². The number of benzene rings is 2. The minimum atomic E-state index is -0.0909. The molecular formula is C15H15NO3S. The van der Waals surface area contributed by atoms with Crippen molar-refractivity contribution in [3.63, 3.8) is 0 Å². The third-order valence-electron chi connectivity index (χ3n) is 3.35. The van der Waals surface area contributed by atoms with Crippen molar-refractivity contribution >= 4 is 27.6 Å². The summed E-state index contributed by atoms with van der Waals surface area (Å²) in [5.41, 5.74) is 0.668. The highest BCUT2D eigenvalue weighted by atomic mass is 32.2. The first-order chi connectivity index (χ1) is 9.74. The van der Waals surface area contributed by atoms with Crippen LogP contribution in [0.2, 0.25) is 0 Å². The molecule has 0 saturated carbocycles. The van der Waals surface area contributed by atoms with Gasteiger partial charge in [-0.3, -0.25) is 4.99 Å². The summed E-state index contributed by atoms with van der Waals surface area (Å²) in [7, 11) is 1.61. The summed E-state index contributed by atoms with van der Waals surface area (Å²) in [6.45, 7) is 0.0297. The van der Waals surface area contributed by atoms with E-state index in [9.17, 15) is 5.11 Å². The molecule has 20 heavy (non-hydrogen) atoms. The van der Waals surface area contributed by atoms with Gasteiger partial charge in [0.25, 0.3) is 0 Å². The highest BCUT2D eigenvalue weighted by molar-refractivity contribution is 8.14. The second kappa shape index (κ2) is 5.34. The summed E-state index contributed by atoms with van der Waals surface area (Å²) in [6, 6.07) is 9.28. The number of aliphatic hydroxyl groups excluding tert-OH is 1. The summed E-state index contributed by atoms with van der Waals surface area (Å²) >= 11 is 1.54. The largest absolute Gasteiger partial charge is 0.507 e. The van der Waals surface area contributed by atoms with E-state index in [2.05, 4.69) is 4.99 Å². The number of ether oxygens (including phenoxy) is 1. The number of methoxy groups -OCH3 is 1. The fourth-order valence-corrected chi connectivity index (χ4v) is 3.38. The Kier molecular flexibility index (Phi) is 3.54. The van der Waals surface area contributed by atoms with E-state index in [1.165, 1.54) is 0 Å². The number of aromatic hydroxyl groups is 1. The Balaban J connectivity index is 2.19. The van der Waals surface area contributed by atoms with E-state index < -0.39 is 0 Å². The van der Waals surface area contributed by atoms with Crippen LogP contribution in [0.5, 0.6) is 11.5 Å². The Hall–Kier alpha value is -1.72. The number of hydrogen-bond acceptors (Lipinski definition) is 5. The Morgan fingerprint density at radius 3 is 2.75 bits per heavy atom. The van der Waals surface area contributed by atoms with Crippen LogP contribution in [0.4, 0.5) is 0 Å². The summed E-state index contributed by atoms with van der Waals surface area (Å²) in [4.78, 5) is 4.43. The smallest absolute Gasteiger partial charge is 0.133 e. The van der Waals surface area contributed by atoms with Gasteiger partial charge in [0.05, 0.1) is 25.3 Å². The van der Waals surface area contributed by atoms with Crippen LogP contribution in [0.1, 0.15) is 5.56 Å². The van der Waals surface area contributed by atoms with Gasteiger partial charge in [-0.2, -0.15) is 0 Å². The maximum Gasteiger partial charge on any atom is 0.133 e. The number of nitrogens with zero attached hydrogens (tertiary/aromatic N) is 1. The molecule has 0 spiro atoms. The molecule has 4 nitrogen and oxygen atoms in total. The molecule has 5 heteroatoms. The Bertz CT molecular complexity index is 684. The highest BCUT2D eigenvalue weighted by Crippen LogP contribution is 2.39. The van der Waals surface area contributed by atoms with Crippen LogP contribution in [0.3, 0.4) is 0 Å². The molecular weight excluding hydrogens is 274 g/mol. The minimum absolute atomic E-state index is 0.0297. The van der Waals surface area contributed by atoms with E-state index in [1.807, 2.05) is 30.3 Å². The Morgan fingerprint density at radius 1 is 1.35 bits per heavy atom. The van der Waals surface area contributed by atoms with E-state index in [1.54, 1.807) is 18.9 Å². The maximum absolute atomic E-state index is 10.5. The van der Waals surface area contributed by atoms with Gasteiger partial charge < -0.3 is 14.9 Å². The van der Waals surface area contributed by atoms with Crippen LogP contribution in [0.15, 0.2) is 35.3 Å². The molecule has 0 unspecified atom stereocenters. The summed E-state index contributed by atoms with van der Waals surface area (Å²) in [5, 5.41) is 22.0. The topological polar surface area (TPSA) is 62.0 Å². The number of rotatable bonds is 3. The lowest BCUT2D eigenvalue weighted by molar-refractivity contribution is 0.277. The number of fused-ring (bicyclic) bond motifs is 1. The zero-order chi connectivity index (χ0) is 14.1. The van der Waals surface area contributed by atoms with Crippen molar-refractivity contribution in [1.82, 2.24) is 0 Å². The standard InChI is InChI=1S/C15H15NO3S/c1-19-13-6-12(15-16-9(7-17)8-20-15)14(18)11-5-3-2-4-10(11)13/h2-6,9,17-18H,7-8H2,1H3/t9-/m1/s1. The first-order valence-corrected chi connectivity index (χ1v) is 7.33. The average molecular weight is 289 g/mol. The lowest BCUT2D eigenvalue weighted by Gasteiger charge is -2.11. The van der Waals surface area contributed by atoms with Gasteiger partial charge in [0.2, 0.25) is 0 Å². The van der Waals surface area contributed by atoms with Gasteiger partial charge in [-0.1, -0.05) is 24.3 Å². The van der Waals surface area contributed by atoms with E-state index in [0.29, 0.717) is 11.3 Å². The molecule has 0 saturated heterocycles. The van der Waals surface area contributed by atoms with Crippen molar-refractivity contribution in [1.29, 1.82) is 0 Å². The molecule has 0 fully saturated rings. The van der Waals surface area contributed by atoms with Crippen molar-refractivity contribution in [2.24, 2.45) is 4.99 Å². The fraction of sp³-hybridized carbons (Fsp3) is 0.267. The quantitative estimate of drug-likeness (QED) is 0.911. The molecule has 0 amide bonds. The number of thioether (sulfide) groups is 1. The van der Waals surface area contributed by atoms with Gasteiger partial charge in [-0.05, 0) is 6.07 Å². The van der Waals surface area contributed by atoms with Gasteiger partial charge in [0.15, 0.2) is 0 Å². The average Bonchev–Trinajstić information content (AvgIpc) is 2.97. The van der Waals surface area contributed by atoms with Gasteiger partial charge in [-0.25, -0.2) is 0 Å². The second-order valence-corrected chi connectivity index (χ2v) is 5.61. The number of hydrogen-bond donors (Lipinski definition) is 2. The van der Waals surface area contributed by atoms with Crippen molar-refractivity contribution in [2.45, 2.75) is 6.04 Å². The summed E-state index contributed by atoms with van der Waals surface area (Å²) in [6.07, 6.45) is 0. The van der Waals surface area contributed by atoms with Crippen LogP contribution < -0.4 is 4.74 Å². The predicted octanol–water partition coefficient (Wildman–Crippen LogP) is 2.41. The molecule has 1 aliphatic rings. The first-order valence-electron chi connectivity index (χ1n) is 6.35. The first kappa shape index (κ1) is 13.3. The van der Waals surface area contributed by atoms with Crippen LogP contribution >= 0.6 is 11.8 Å². The molecule has 0 bridgehead atoms. The van der Waals surface area contributed by atoms with E-state index in [0.717, 1.165) is 21.6 Å². The Labute approximate surface area is 121 Å². The highest BCUT2D eigenvalue weighted by Gasteiger charge is 2.23. The predicted molar refractivity (Wildman–Crippen MR) is 82.0 cm³/mol. The van der Waals surface area contributed by atoms with Gasteiger partial charge in [0.1, 0.15) is 16.5 Å². The lowest BCUT2D eigenvalue weighted by Crippen LogP contribution is -2.08. The van der Waals surface area contributed by atoms with Crippen LogP contribution in [-0.2, 0) is 0 Å². The molecule has 1 aliphatic heterocycles. The Morgan fingerprint density at radius 2 is 2.10 bits per heavy atom. The van der Waals surface area contributed by atoms with Crippen molar-refractivity contribution < 1.29 is 14.9 Å². The number of aliphatic imine (C=N–C) groups is 1. The number of aliphatic hydroxyl groups is 1. The van der Waals surface area contributed by atoms with Crippen molar-refractivity contribution in [3.8, 4) is 11.5 Å².